The zero-order chi connectivity index (χ0) is 22.1. The molecule has 8 nitrogen and oxygen atoms in total. The lowest BCUT2D eigenvalue weighted by Gasteiger charge is -2.22. The number of benzene rings is 1. The molecule has 1 aromatic carbocycles. The number of urea groups is 1. The second kappa shape index (κ2) is 8.05. The molecule has 0 saturated carbocycles. The lowest BCUT2D eigenvalue weighted by atomic mass is 10.0. The van der Waals surface area contributed by atoms with Gasteiger partial charge < -0.3 is 24.5 Å². The van der Waals surface area contributed by atoms with Gasteiger partial charge in [0.15, 0.2) is 5.88 Å². The highest BCUT2D eigenvalue weighted by molar-refractivity contribution is 6.76. The molecule has 0 unspecified atom stereocenters. The average molecular weight is 430 g/mol. The zero-order valence-electron chi connectivity index (χ0n) is 17.7. The molecule has 2 aromatic rings. The third-order valence-corrected chi connectivity index (χ3v) is 6.82. The van der Waals surface area contributed by atoms with Crippen molar-refractivity contribution in [1.82, 2.24) is 14.8 Å². The van der Waals surface area contributed by atoms with E-state index in [1.54, 1.807) is 24.4 Å². The summed E-state index contributed by atoms with van der Waals surface area (Å²) in [5.74, 6) is 2.37. The Kier molecular flexibility index (Phi) is 5.83. The summed E-state index contributed by atoms with van der Waals surface area (Å²) >= 11 is 0. The van der Waals surface area contributed by atoms with E-state index in [2.05, 4.69) is 30.9 Å². The summed E-state index contributed by atoms with van der Waals surface area (Å²) in [7, 11) is 0.252. The summed E-state index contributed by atoms with van der Waals surface area (Å²) < 4.78 is 12.2. The number of carbonyl (C=O) groups excluding carboxylic acids is 2. The molecule has 1 fully saturated rings. The van der Waals surface area contributed by atoms with Gasteiger partial charge in [0.25, 0.3) is 5.91 Å². The third-order valence-electron chi connectivity index (χ3n) is 5.11. The third kappa shape index (κ3) is 4.15. The standard InChI is InChI=1S/C21H27N3O5Si/c1-6-21(13-23-12-15-7-8-16(28-2)11-17(15)18(23)25)19(26)24(20(27)22-21)14-29-9-10-30(3,4)5/h1,7-8,11-12,25H,9-10,13-14H2,2-5H3,(H,22,27)/t21-/m1/s1. The number of hydrogen-bond donors (Lipinski definition) is 2. The molecule has 0 aliphatic carbocycles. The van der Waals surface area contributed by atoms with Gasteiger partial charge in [0.05, 0.1) is 13.7 Å². The number of methoxy groups -OCH3 is 1. The Morgan fingerprint density at radius 2 is 2.03 bits per heavy atom. The molecule has 0 spiro atoms. The quantitative estimate of drug-likeness (QED) is 0.291. The first-order valence-corrected chi connectivity index (χ1v) is 13.4. The van der Waals surface area contributed by atoms with E-state index in [0.29, 0.717) is 17.7 Å². The molecule has 1 aliphatic heterocycles. The molecule has 30 heavy (non-hydrogen) atoms. The maximum absolute atomic E-state index is 13.0. The maximum atomic E-state index is 13.0. The molecule has 0 radical (unpaired) electrons. The number of imide groups is 1. The van der Waals surface area contributed by atoms with Gasteiger partial charge in [-0.25, -0.2) is 9.69 Å². The molecule has 9 heteroatoms. The minimum Gasteiger partial charge on any atom is -0.497 e. The number of ether oxygens (including phenoxy) is 2. The van der Waals surface area contributed by atoms with Crippen LogP contribution in [-0.4, -0.2) is 60.6 Å². The van der Waals surface area contributed by atoms with Gasteiger partial charge in [0, 0.05) is 31.7 Å². The highest BCUT2D eigenvalue weighted by Gasteiger charge is 2.51. The predicted molar refractivity (Wildman–Crippen MR) is 116 cm³/mol. The molecule has 1 aromatic heterocycles. The highest BCUT2D eigenvalue weighted by atomic mass is 28.3. The van der Waals surface area contributed by atoms with Crippen LogP contribution in [-0.2, 0) is 16.1 Å². The van der Waals surface area contributed by atoms with Crippen molar-refractivity contribution in [2.45, 2.75) is 37.8 Å². The molecule has 160 valence electrons. The van der Waals surface area contributed by atoms with Crippen LogP contribution in [0.5, 0.6) is 11.6 Å². The average Bonchev–Trinajstić information content (AvgIpc) is 3.12. The first-order chi connectivity index (χ1) is 14.1. The Balaban J connectivity index is 1.78. The van der Waals surface area contributed by atoms with Crippen molar-refractivity contribution in [2.75, 3.05) is 20.4 Å². The Morgan fingerprint density at radius 1 is 1.30 bits per heavy atom. The van der Waals surface area contributed by atoms with Gasteiger partial charge >= 0.3 is 6.03 Å². The second-order valence-electron chi connectivity index (χ2n) is 8.59. The van der Waals surface area contributed by atoms with Crippen LogP contribution in [0.2, 0.25) is 25.7 Å². The van der Waals surface area contributed by atoms with E-state index in [-0.39, 0.29) is 19.2 Å². The van der Waals surface area contributed by atoms with Crippen molar-refractivity contribution >= 4 is 30.8 Å². The number of amides is 3. The van der Waals surface area contributed by atoms with Crippen LogP contribution in [0.25, 0.3) is 10.8 Å². The van der Waals surface area contributed by atoms with Crippen LogP contribution in [0.15, 0.2) is 24.4 Å². The van der Waals surface area contributed by atoms with E-state index in [0.717, 1.165) is 16.3 Å². The van der Waals surface area contributed by atoms with Crippen LogP contribution in [0, 0.1) is 12.3 Å². The van der Waals surface area contributed by atoms with Gasteiger partial charge in [-0.2, -0.15) is 0 Å². The molecule has 3 rings (SSSR count). The number of fused-ring (bicyclic) bond motifs is 1. The first kappa shape index (κ1) is 21.7. The first-order valence-electron chi connectivity index (χ1n) is 9.66. The van der Waals surface area contributed by atoms with E-state index in [9.17, 15) is 14.7 Å². The van der Waals surface area contributed by atoms with Gasteiger partial charge in [-0.15, -0.1) is 6.42 Å². The molecular formula is C21H27N3O5Si. The minimum atomic E-state index is -1.60. The molecular weight excluding hydrogens is 402 g/mol. The summed E-state index contributed by atoms with van der Waals surface area (Å²) in [5.41, 5.74) is -1.60. The lowest BCUT2D eigenvalue weighted by Crippen LogP contribution is -2.49. The fourth-order valence-corrected chi connectivity index (χ4v) is 4.01. The molecule has 0 bridgehead atoms. The summed E-state index contributed by atoms with van der Waals surface area (Å²) in [5, 5.41) is 14.5. The number of aromatic nitrogens is 1. The van der Waals surface area contributed by atoms with E-state index in [4.69, 9.17) is 15.9 Å². The van der Waals surface area contributed by atoms with Gasteiger partial charge in [-0.1, -0.05) is 25.6 Å². The SMILES string of the molecule is C#C[C@]1(Cn2cc3ccc(OC)cc3c2O)NC(=O)N(COCC[Si](C)(C)C)C1=O. The van der Waals surface area contributed by atoms with Crippen LogP contribution in [0.3, 0.4) is 0 Å². The van der Waals surface area contributed by atoms with Crippen molar-refractivity contribution in [3.8, 4) is 24.0 Å². The topological polar surface area (TPSA) is 93.0 Å². The maximum Gasteiger partial charge on any atom is 0.327 e. The molecule has 1 aliphatic rings. The number of nitrogens with one attached hydrogen (secondary N) is 1. The smallest absolute Gasteiger partial charge is 0.327 e. The summed E-state index contributed by atoms with van der Waals surface area (Å²) in [6, 6.07) is 5.57. The van der Waals surface area contributed by atoms with Crippen molar-refractivity contribution < 1.29 is 24.2 Å². The van der Waals surface area contributed by atoms with Gasteiger partial charge in [0.2, 0.25) is 5.54 Å². The Morgan fingerprint density at radius 3 is 2.67 bits per heavy atom. The highest BCUT2D eigenvalue weighted by Crippen LogP contribution is 2.32. The van der Waals surface area contributed by atoms with Crippen LogP contribution in [0.4, 0.5) is 4.79 Å². The Labute approximate surface area is 176 Å². The normalized spacial score (nSPS) is 19.2. The van der Waals surface area contributed by atoms with Gasteiger partial charge in [-0.05, 0) is 24.2 Å². The van der Waals surface area contributed by atoms with Crippen LogP contribution >= 0.6 is 0 Å². The van der Waals surface area contributed by atoms with Crippen molar-refractivity contribution in [3.05, 3.63) is 24.4 Å². The van der Waals surface area contributed by atoms with Crippen molar-refractivity contribution in [2.24, 2.45) is 0 Å². The van der Waals surface area contributed by atoms with E-state index in [1.807, 2.05) is 0 Å². The number of rotatable bonds is 8. The number of hydrogen-bond acceptors (Lipinski definition) is 5. The second-order valence-corrected chi connectivity index (χ2v) is 14.2. The summed E-state index contributed by atoms with van der Waals surface area (Å²) in [6.45, 7) is 6.86. The fraction of sp³-hybridized carbons (Fsp3) is 0.429. The zero-order valence-corrected chi connectivity index (χ0v) is 18.7. The van der Waals surface area contributed by atoms with Crippen molar-refractivity contribution in [3.63, 3.8) is 0 Å². The fourth-order valence-electron chi connectivity index (χ4n) is 3.26. The van der Waals surface area contributed by atoms with Gasteiger partial charge in [-0.3, -0.25) is 4.79 Å². The minimum absolute atomic E-state index is 0.0644. The lowest BCUT2D eigenvalue weighted by molar-refractivity contribution is -0.133. The molecule has 1 atom stereocenters. The van der Waals surface area contributed by atoms with E-state index < -0.39 is 25.6 Å². The summed E-state index contributed by atoms with van der Waals surface area (Å²) in [6.07, 6.45) is 7.35. The monoisotopic (exact) mass is 429 g/mol. The van der Waals surface area contributed by atoms with E-state index >= 15 is 0 Å². The summed E-state index contributed by atoms with van der Waals surface area (Å²) in [4.78, 5) is 26.4. The van der Waals surface area contributed by atoms with Gasteiger partial charge in [0.1, 0.15) is 12.5 Å². The Bertz CT molecular complexity index is 1020. The van der Waals surface area contributed by atoms with Crippen LogP contribution < -0.4 is 10.1 Å². The molecule has 1 saturated heterocycles. The Hall–Kier alpha value is -2.96. The molecule has 2 heterocycles. The number of nitrogens with zero attached hydrogens (tertiary/aromatic N) is 2. The van der Waals surface area contributed by atoms with Crippen molar-refractivity contribution in [1.29, 1.82) is 0 Å². The number of carbonyl (C=O) groups is 2. The largest absolute Gasteiger partial charge is 0.497 e. The molecule has 3 amide bonds. The number of aromatic hydroxyl groups is 1. The molecule has 2 N–H and O–H groups in total. The van der Waals surface area contributed by atoms with E-state index in [1.165, 1.54) is 11.7 Å². The number of terminal acetylenes is 1. The predicted octanol–water partition coefficient (Wildman–Crippen LogP) is 2.59. The van der Waals surface area contributed by atoms with Crippen LogP contribution in [0.1, 0.15) is 0 Å².